The number of ether oxygens (including phenoxy) is 1. The third kappa shape index (κ3) is 4.09. The summed E-state index contributed by atoms with van der Waals surface area (Å²) in [6.45, 7) is 6.84. The quantitative estimate of drug-likeness (QED) is 0.875. The van der Waals surface area contributed by atoms with Crippen LogP contribution in [-0.4, -0.2) is 48.8 Å². The smallest absolute Gasteiger partial charge is 0.407 e. The van der Waals surface area contributed by atoms with Crippen molar-refractivity contribution in [3.05, 3.63) is 23.9 Å². The van der Waals surface area contributed by atoms with Crippen LogP contribution in [0.4, 0.5) is 10.6 Å². The van der Waals surface area contributed by atoms with Gasteiger partial charge in [0.1, 0.15) is 11.4 Å². The Bertz CT molecular complexity index is 545. The monoisotopic (exact) mass is 306 g/mol. The van der Waals surface area contributed by atoms with E-state index in [1.165, 1.54) is 0 Å². The van der Waals surface area contributed by atoms with Crippen LogP contribution < -0.4 is 15.5 Å². The molecule has 1 aromatic rings. The first kappa shape index (κ1) is 16.1. The van der Waals surface area contributed by atoms with Gasteiger partial charge in [0.05, 0.1) is 11.6 Å². The Balaban J connectivity index is 1.81. The zero-order chi connectivity index (χ0) is 16.3. The summed E-state index contributed by atoms with van der Waals surface area (Å²) in [7, 11) is 1.58. The lowest BCUT2D eigenvalue weighted by atomic mass is 10.1. The minimum absolute atomic E-state index is 0.0512. The molecule has 2 N–H and O–H groups in total. The molecule has 0 unspecified atom stereocenters. The van der Waals surface area contributed by atoms with E-state index in [0.29, 0.717) is 18.7 Å². The summed E-state index contributed by atoms with van der Waals surface area (Å²) in [5.74, 6) is 0.627. The average Bonchev–Trinajstić information content (AvgIpc) is 2.40. The van der Waals surface area contributed by atoms with Gasteiger partial charge in [-0.1, -0.05) is 0 Å². The SMILES string of the molecule is CNC(=O)c1ccc(N2CC(NC(=O)OC(C)(C)C)C2)nc1. The van der Waals surface area contributed by atoms with Crippen LogP contribution >= 0.6 is 0 Å². The number of hydrogen-bond acceptors (Lipinski definition) is 5. The highest BCUT2D eigenvalue weighted by Crippen LogP contribution is 2.19. The maximum absolute atomic E-state index is 11.6. The number of anilines is 1. The fourth-order valence-corrected chi connectivity index (χ4v) is 2.08. The van der Waals surface area contributed by atoms with Gasteiger partial charge in [0.15, 0.2) is 0 Å². The molecular weight excluding hydrogens is 284 g/mol. The maximum atomic E-state index is 11.6. The number of aromatic nitrogens is 1. The van der Waals surface area contributed by atoms with Crippen molar-refractivity contribution < 1.29 is 14.3 Å². The molecule has 0 bridgehead atoms. The Morgan fingerprint density at radius 1 is 1.32 bits per heavy atom. The van der Waals surface area contributed by atoms with Crippen molar-refractivity contribution in [1.82, 2.24) is 15.6 Å². The molecule has 1 aromatic heterocycles. The van der Waals surface area contributed by atoms with Crippen LogP contribution in [0.5, 0.6) is 0 Å². The number of carbonyl (C=O) groups excluding carboxylic acids is 2. The lowest BCUT2D eigenvalue weighted by Gasteiger charge is -2.40. The average molecular weight is 306 g/mol. The van der Waals surface area contributed by atoms with E-state index in [0.717, 1.165) is 5.82 Å². The van der Waals surface area contributed by atoms with E-state index in [4.69, 9.17) is 4.74 Å². The Kier molecular flexibility index (Phi) is 4.54. The molecule has 7 heteroatoms. The summed E-state index contributed by atoms with van der Waals surface area (Å²) in [5, 5.41) is 5.37. The van der Waals surface area contributed by atoms with Gasteiger partial charge in [-0.05, 0) is 32.9 Å². The first-order valence-electron chi connectivity index (χ1n) is 7.21. The van der Waals surface area contributed by atoms with Crippen molar-refractivity contribution in [1.29, 1.82) is 0 Å². The molecule has 22 heavy (non-hydrogen) atoms. The van der Waals surface area contributed by atoms with Crippen LogP contribution in [0.3, 0.4) is 0 Å². The van der Waals surface area contributed by atoms with E-state index in [1.807, 2.05) is 25.7 Å². The first-order chi connectivity index (χ1) is 10.3. The van der Waals surface area contributed by atoms with Crippen LogP contribution in [0, 0.1) is 0 Å². The second-order valence-electron chi connectivity index (χ2n) is 6.23. The number of carbonyl (C=O) groups is 2. The fourth-order valence-electron chi connectivity index (χ4n) is 2.08. The third-order valence-corrected chi connectivity index (χ3v) is 3.16. The molecule has 0 radical (unpaired) electrons. The van der Waals surface area contributed by atoms with Gasteiger partial charge in [-0.2, -0.15) is 0 Å². The molecule has 0 aliphatic carbocycles. The topological polar surface area (TPSA) is 83.6 Å². The molecule has 120 valence electrons. The zero-order valence-electron chi connectivity index (χ0n) is 13.3. The van der Waals surface area contributed by atoms with Crippen molar-refractivity contribution in [3.63, 3.8) is 0 Å². The minimum atomic E-state index is -0.495. The summed E-state index contributed by atoms with van der Waals surface area (Å²) < 4.78 is 5.21. The van der Waals surface area contributed by atoms with E-state index in [1.54, 1.807) is 25.4 Å². The lowest BCUT2D eigenvalue weighted by Crippen LogP contribution is -2.60. The second-order valence-corrected chi connectivity index (χ2v) is 6.23. The van der Waals surface area contributed by atoms with Crippen LogP contribution in [0.25, 0.3) is 0 Å². The zero-order valence-corrected chi connectivity index (χ0v) is 13.3. The van der Waals surface area contributed by atoms with E-state index < -0.39 is 11.7 Å². The number of amides is 2. The van der Waals surface area contributed by atoms with Crippen LogP contribution in [0.2, 0.25) is 0 Å². The molecule has 2 heterocycles. The summed E-state index contributed by atoms with van der Waals surface area (Å²) in [6.07, 6.45) is 1.14. The van der Waals surface area contributed by atoms with Crippen molar-refractivity contribution in [2.45, 2.75) is 32.4 Å². The van der Waals surface area contributed by atoms with Gasteiger partial charge in [-0.25, -0.2) is 9.78 Å². The molecule has 1 aliphatic rings. The van der Waals surface area contributed by atoms with Gasteiger partial charge >= 0.3 is 6.09 Å². The molecule has 7 nitrogen and oxygen atoms in total. The molecule has 2 rings (SSSR count). The number of nitrogens with zero attached hydrogens (tertiary/aromatic N) is 2. The molecule has 0 aromatic carbocycles. The van der Waals surface area contributed by atoms with Crippen molar-refractivity contribution >= 4 is 17.8 Å². The summed E-state index contributed by atoms with van der Waals surface area (Å²) in [4.78, 5) is 29.4. The molecule has 0 spiro atoms. The minimum Gasteiger partial charge on any atom is -0.444 e. The Morgan fingerprint density at radius 2 is 2.00 bits per heavy atom. The lowest BCUT2D eigenvalue weighted by molar-refractivity contribution is 0.0495. The summed E-state index contributed by atoms with van der Waals surface area (Å²) in [5.41, 5.74) is 0.0281. The molecule has 1 fully saturated rings. The standard InChI is InChI=1S/C15H22N4O3/c1-15(2,3)22-14(21)18-11-8-19(9-11)12-6-5-10(7-17-12)13(20)16-4/h5-7,11H,8-9H2,1-4H3,(H,16,20)(H,18,21). The normalized spacial score (nSPS) is 15.0. The Labute approximate surface area is 130 Å². The van der Waals surface area contributed by atoms with Gasteiger partial charge in [-0.15, -0.1) is 0 Å². The molecule has 1 saturated heterocycles. The van der Waals surface area contributed by atoms with Crippen LogP contribution in [0.15, 0.2) is 18.3 Å². The number of pyridine rings is 1. The Hall–Kier alpha value is -2.31. The predicted molar refractivity (Wildman–Crippen MR) is 83.0 cm³/mol. The summed E-state index contributed by atoms with van der Waals surface area (Å²) in [6, 6.07) is 3.58. The van der Waals surface area contributed by atoms with Crippen molar-refractivity contribution in [3.8, 4) is 0 Å². The van der Waals surface area contributed by atoms with Gasteiger partial charge in [-0.3, -0.25) is 4.79 Å². The summed E-state index contributed by atoms with van der Waals surface area (Å²) >= 11 is 0. The molecular formula is C15H22N4O3. The predicted octanol–water partition coefficient (Wildman–Crippen LogP) is 1.15. The fraction of sp³-hybridized carbons (Fsp3) is 0.533. The molecule has 1 aliphatic heterocycles. The second kappa shape index (κ2) is 6.21. The Morgan fingerprint density at radius 3 is 2.50 bits per heavy atom. The van der Waals surface area contributed by atoms with Gasteiger partial charge < -0.3 is 20.3 Å². The highest BCUT2D eigenvalue weighted by molar-refractivity contribution is 5.93. The van der Waals surface area contributed by atoms with Crippen LogP contribution in [0.1, 0.15) is 31.1 Å². The van der Waals surface area contributed by atoms with Gasteiger partial charge in [0.2, 0.25) is 0 Å². The molecule has 0 atom stereocenters. The first-order valence-corrected chi connectivity index (χ1v) is 7.21. The molecule has 0 saturated carbocycles. The van der Waals surface area contributed by atoms with E-state index in [-0.39, 0.29) is 11.9 Å². The van der Waals surface area contributed by atoms with Gasteiger partial charge in [0.25, 0.3) is 5.91 Å². The molecule has 2 amide bonds. The number of alkyl carbamates (subject to hydrolysis) is 1. The number of hydrogen-bond donors (Lipinski definition) is 2. The highest BCUT2D eigenvalue weighted by atomic mass is 16.6. The van der Waals surface area contributed by atoms with Crippen LogP contribution in [-0.2, 0) is 4.74 Å². The van der Waals surface area contributed by atoms with E-state index in [9.17, 15) is 9.59 Å². The highest BCUT2D eigenvalue weighted by Gasteiger charge is 2.30. The van der Waals surface area contributed by atoms with E-state index >= 15 is 0 Å². The third-order valence-electron chi connectivity index (χ3n) is 3.16. The maximum Gasteiger partial charge on any atom is 0.407 e. The number of rotatable bonds is 3. The number of nitrogens with one attached hydrogen (secondary N) is 2. The van der Waals surface area contributed by atoms with Crippen molar-refractivity contribution in [2.75, 3.05) is 25.0 Å². The largest absolute Gasteiger partial charge is 0.444 e. The van der Waals surface area contributed by atoms with E-state index in [2.05, 4.69) is 15.6 Å². The van der Waals surface area contributed by atoms with Crippen molar-refractivity contribution in [2.24, 2.45) is 0 Å². The van der Waals surface area contributed by atoms with Gasteiger partial charge in [0, 0.05) is 26.3 Å².